The standard InChI is InChI=1S/C16H19NO4/c1-10-8-13-9-12(15(19)4-3-5-16(20)21)6-7-14(13)17(10)11(2)18/h6-7,9-10H,3-5,8H2,1-2H3,(H,20,21). The van der Waals surface area contributed by atoms with Gasteiger partial charge < -0.3 is 10.0 Å². The van der Waals surface area contributed by atoms with Gasteiger partial charge >= 0.3 is 5.97 Å². The van der Waals surface area contributed by atoms with Crippen LogP contribution in [-0.4, -0.2) is 28.8 Å². The van der Waals surface area contributed by atoms with Crippen molar-refractivity contribution in [1.82, 2.24) is 0 Å². The van der Waals surface area contributed by atoms with Crippen molar-refractivity contribution >= 4 is 23.3 Å². The van der Waals surface area contributed by atoms with E-state index in [1.165, 1.54) is 6.92 Å². The van der Waals surface area contributed by atoms with Gasteiger partial charge in [-0.05, 0) is 43.5 Å². The van der Waals surface area contributed by atoms with Crippen LogP contribution in [0.1, 0.15) is 49.0 Å². The Kier molecular flexibility index (Phi) is 4.40. The van der Waals surface area contributed by atoms with Gasteiger partial charge in [-0.2, -0.15) is 0 Å². The van der Waals surface area contributed by atoms with Crippen molar-refractivity contribution in [1.29, 1.82) is 0 Å². The van der Waals surface area contributed by atoms with Crippen LogP contribution in [0.4, 0.5) is 5.69 Å². The average Bonchev–Trinajstić information content (AvgIpc) is 2.72. The number of ketones is 1. The molecule has 0 aromatic heterocycles. The maximum Gasteiger partial charge on any atom is 0.303 e. The molecule has 1 aromatic carbocycles. The van der Waals surface area contributed by atoms with Crippen LogP contribution >= 0.6 is 0 Å². The highest BCUT2D eigenvalue weighted by Crippen LogP contribution is 2.33. The molecule has 5 heteroatoms. The van der Waals surface area contributed by atoms with E-state index in [9.17, 15) is 14.4 Å². The van der Waals surface area contributed by atoms with Gasteiger partial charge in [0, 0.05) is 37.1 Å². The molecule has 1 heterocycles. The molecule has 1 aromatic rings. The molecule has 0 saturated carbocycles. The quantitative estimate of drug-likeness (QED) is 0.845. The summed E-state index contributed by atoms with van der Waals surface area (Å²) < 4.78 is 0. The van der Waals surface area contributed by atoms with Gasteiger partial charge in [-0.1, -0.05) is 0 Å². The average molecular weight is 289 g/mol. The lowest BCUT2D eigenvalue weighted by molar-refractivity contribution is -0.137. The molecule has 5 nitrogen and oxygen atoms in total. The molecule has 0 fully saturated rings. The van der Waals surface area contributed by atoms with Gasteiger partial charge in [0.15, 0.2) is 5.78 Å². The second-order valence-corrected chi connectivity index (χ2v) is 5.46. The first kappa shape index (κ1) is 15.2. The molecular formula is C16H19NO4. The summed E-state index contributed by atoms with van der Waals surface area (Å²) in [6.07, 6.45) is 1.33. The van der Waals surface area contributed by atoms with E-state index in [0.717, 1.165) is 17.7 Å². The zero-order chi connectivity index (χ0) is 15.6. The van der Waals surface area contributed by atoms with Crippen molar-refractivity contribution in [2.45, 2.75) is 45.6 Å². The summed E-state index contributed by atoms with van der Waals surface area (Å²) in [6, 6.07) is 5.47. The Hall–Kier alpha value is -2.17. The van der Waals surface area contributed by atoms with E-state index in [2.05, 4.69) is 0 Å². The Bertz CT molecular complexity index is 594. The van der Waals surface area contributed by atoms with Crippen LogP contribution in [0.15, 0.2) is 18.2 Å². The molecule has 0 aliphatic carbocycles. The van der Waals surface area contributed by atoms with Crippen LogP contribution in [0.2, 0.25) is 0 Å². The molecule has 1 aliphatic heterocycles. The van der Waals surface area contributed by atoms with Crippen molar-refractivity contribution in [3.8, 4) is 0 Å². The lowest BCUT2D eigenvalue weighted by Gasteiger charge is -2.20. The summed E-state index contributed by atoms with van der Waals surface area (Å²) in [4.78, 5) is 35.9. The summed E-state index contributed by atoms with van der Waals surface area (Å²) in [6.45, 7) is 3.52. The molecule has 1 N–H and O–H groups in total. The lowest BCUT2D eigenvalue weighted by Crippen LogP contribution is -2.33. The number of rotatable bonds is 5. The van der Waals surface area contributed by atoms with E-state index >= 15 is 0 Å². The van der Waals surface area contributed by atoms with Crippen LogP contribution in [0.5, 0.6) is 0 Å². The zero-order valence-electron chi connectivity index (χ0n) is 12.3. The molecule has 0 spiro atoms. The Morgan fingerprint density at radius 1 is 1.29 bits per heavy atom. The highest BCUT2D eigenvalue weighted by molar-refractivity contribution is 5.99. The van der Waals surface area contributed by atoms with Crippen molar-refractivity contribution < 1.29 is 19.5 Å². The molecule has 0 bridgehead atoms. The van der Waals surface area contributed by atoms with Crippen molar-refractivity contribution in [3.63, 3.8) is 0 Å². The van der Waals surface area contributed by atoms with Crippen LogP contribution in [-0.2, 0) is 16.0 Å². The van der Waals surface area contributed by atoms with Crippen LogP contribution < -0.4 is 4.90 Å². The fraction of sp³-hybridized carbons (Fsp3) is 0.438. The van der Waals surface area contributed by atoms with Gasteiger partial charge in [0.2, 0.25) is 5.91 Å². The number of amides is 1. The number of carboxylic acid groups (broad SMARTS) is 1. The van der Waals surface area contributed by atoms with Crippen LogP contribution in [0.3, 0.4) is 0 Å². The number of anilines is 1. The Labute approximate surface area is 123 Å². The van der Waals surface area contributed by atoms with Crippen LogP contribution in [0.25, 0.3) is 0 Å². The predicted octanol–water partition coefficient (Wildman–Crippen LogP) is 2.42. The lowest BCUT2D eigenvalue weighted by atomic mass is 10.0. The van der Waals surface area contributed by atoms with Gasteiger partial charge in [-0.25, -0.2) is 0 Å². The van der Waals surface area contributed by atoms with Crippen molar-refractivity contribution in [2.24, 2.45) is 0 Å². The first-order chi connectivity index (χ1) is 9.90. The second kappa shape index (κ2) is 6.08. The smallest absolute Gasteiger partial charge is 0.303 e. The van der Waals surface area contributed by atoms with E-state index in [1.807, 2.05) is 19.1 Å². The molecule has 1 aliphatic rings. The largest absolute Gasteiger partial charge is 0.481 e. The van der Waals surface area contributed by atoms with Crippen molar-refractivity contribution in [3.05, 3.63) is 29.3 Å². The van der Waals surface area contributed by atoms with E-state index in [-0.39, 0.29) is 30.6 Å². The van der Waals surface area contributed by atoms with E-state index < -0.39 is 5.97 Å². The maximum atomic E-state index is 12.0. The fourth-order valence-electron chi connectivity index (χ4n) is 2.83. The topological polar surface area (TPSA) is 74.7 Å². The molecule has 1 atom stereocenters. The monoisotopic (exact) mass is 289 g/mol. The number of hydrogen-bond acceptors (Lipinski definition) is 3. The van der Waals surface area contributed by atoms with Gasteiger partial charge in [-0.3, -0.25) is 14.4 Å². The normalized spacial score (nSPS) is 16.7. The van der Waals surface area contributed by atoms with Crippen molar-refractivity contribution in [2.75, 3.05) is 4.90 Å². The third-order valence-electron chi connectivity index (χ3n) is 3.75. The van der Waals surface area contributed by atoms with E-state index in [4.69, 9.17) is 5.11 Å². The minimum Gasteiger partial charge on any atom is -0.481 e. The molecule has 2 rings (SSSR count). The van der Waals surface area contributed by atoms with E-state index in [0.29, 0.717) is 12.0 Å². The molecule has 21 heavy (non-hydrogen) atoms. The summed E-state index contributed by atoms with van der Waals surface area (Å²) in [5, 5.41) is 8.59. The first-order valence-electron chi connectivity index (χ1n) is 7.08. The molecule has 1 unspecified atom stereocenters. The highest BCUT2D eigenvalue weighted by atomic mass is 16.4. The van der Waals surface area contributed by atoms with Gasteiger partial charge in [-0.15, -0.1) is 0 Å². The minimum absolute atomic E-state index is 0.00165. The third kappa shape index (κ3) is 3.29. The number of hydrogen-bond donors (Lipinski definition) is 1. The molecular weight excluding hydrogens is 270 g/mol. The predicted molar refractivity (Wildman–Crippen MR) is 78.6 cm³/mol. The van der Waals surface area contributed by atoms with Gasteiger partial charge in [0.25, 0.3) is 0 Å². The zero-order valence-corrected chi connectivity index (χ0v) is 12.3. The number of aliphatic carboxylic acids is 1. The summed E-state index contributed by atoms with van der Waals surface area (Å²) in [5.41, 5.74) is 2.47. The highest BCUT2D eigenvalue weighted by Gasteiger charge is 2.29. The number of benzene rings is 1. The molecule has 1 amide bonds. The van der Waals surface area contributed by atoms with Gasteiger partial charge in [0.1, 0.15) is 0 Å². The van der Waals surface area contributed by atoms with Gasteiger partial charge in [0.05, 0.1) is 0 Å². The fourth-order valence-corrected chi connectivity index (χ4v) is 2.83. The Morgan fingerprint density at radius 3 is 2.62 bits per heavy atom. The van der Waals surface area contributed by atoms with E-state index in [1.54, 1.807) is 11.0 Å². The Morgan fingerprint density at radius 2 is 2.00 bits per heavy atom. The number of carbonyl (C=O) groups excluding carboxylic acids is 2. The number of fused-ring (bicyclic) bond motifs is 1. The minimum atomic E-state index is -0.886. The summed E-state index contributed by atoms with van der Waals surface area (Å²) >= 11 is 0. The number of nitrogens with zero attached hydrogens (tertiary/aromatic N) is 1. The SMILES string of the molecule is CC(=O)N1c2ccc(C(=O)CCCC(=O)O)cc2CC1C. The van der Waals surface area contributed by atoms with Crippen LogP contribution in [0, 0.1) is 0 Å². The maximum absolute atomic E-state index is 12.0. The number of Topliss-reactive ketones (excluding diaryl/α,β-unsaturated/α-hetero) is 1. The molecule has 0 saturated heterocycles. The molecule has 0 radical (unpaired) electrons. The number of carbonyl (C=O) groups is 3. The third-order valence-corrected chi connectivity index (χ3v) is 3.75. The summed E-state index contributed by atoms with van der Waals surface area (Å²) in [5.74, 6) is -0.933. The Balaban J connectivity index is 2.12. The first-order valence-corrected chi connectivity index (χ1v) is 7.08. The summed E-state index contributed by atoms with van der Waals surface area (Å²) in [7, 11) is 0. The second-order valence-electron chi connectivity index (χ2n) is 5.46. The molecule has 112 valence electrons. The number of carboxylic acids is 1.